The number of aromatic nitrogens is 3. The molecule has 2 aromatic heterocycles. The molecule has 2 N–H and O–H groups in total. The first-order valence-corrected chi connectivity index (χ1v) is 6.92. The van der Waals surface area contributed by atoms with Gasteiger partial charge < -0.3 is 9.88 Å². The summed E-state index contributed by atoms with van der Waals surface area (Å²) in [6, 6.07) is 5.12. The van der Waals surface area contributed by atoms with Crippen LogP contribution in [0.5, 0.6) is 0 Å². The van der Waals surface area contributed by atoms with Crippen LogP contribution in [0.15, 0.2) is 40.2 Å². The molecule has 0 unspecified atom stereocenters. The predicted octanol–water partition coefficient (Wildman–Crippen LogP) is 0.596. The molecule has 0 aliphatic heterocycles. The first-order chi connectivity index (χ1) is 10.4. The van der Waals surface area contributed by atoms with E-state index in [1.807, 2.05) is 26.0 Å². The number of hydrogen-bond donors (Lipinski definition) is 2. The summed E-state index contributed by atoms with van der Waals surface area (Å²) in [6.07, 6.45) is 2.88. The first kappa shape index (κ1) is 15.7. The van der Waals surface area contributed by atoms with Gasteiger partial charge in [-0.1, -0.05) is 19.9 Å². The number of nitrogens with zero attached hydrogens (tertiary/aromatic N) is 2. The summed E-state index contributed by atoms with van der Waals surface area (Å²) in [5.41, 5.74) is -0.661. The summed E-state index contributed by atoms with van der Waals surface area (Å²) in [7, 11) is 1.47. The Morgan fingerprint density at radius 3 is 2.64 bits per heavy atom. The minimum absolute atomic E-state index is 0.0884. The number of hydrogen-bond acceptors (Lipinski definition) is 4. The number of amides is 1. The molecule has 7 nitrogen and oxygen atoms in total. The maximum Gasteiger partial charge on any atom is 0.328 e. The molecule has 22 heavy (non-hydrogen) atoms. The highest BCUT2D eigenvalue weighted by Crippen LogP contribution is 2.19. The Labute approximate surface area is 127 Å². The quantitative estimate of drug-likeness (QED) is 0.864. The molecular formula is C15H18N4O3. The van der Waals surface area contributed by atoms with Crippen molar-refractivity contribution in [2.45, 2.75) is 19.9 Å². The lowest BCUT2D eigenvalue weighted by Crippen LogP contribution is -2.38. The molecule has 0 aliphatic rings. The molecule has 1 amide bonds. The van der Waals surface area contributed by atoms with Gasteiger partial charge >= 0.3 is 5.69 Å². The molecular weight excluding hydrogens is 284 g/mol. The second-order valence-electron chi connectivity index (χ2n) is 5.36. The molecule has 2 heterocycles. The third-order valence-electron chi connectivity index (χ3n) is 3.31. The van der Waals surface area contributed by atoms with Crippen LogP contribution in [0.25, 0.3) is 0 Å². The van der Waals surface area contributed by atoms with E-state index in [9.17, 15) is 14.4 Å². The van der Waals surface area contributed by atoms with Crippen molar-refractivity contribution in [1.29, 1.82) is 0 Å². The van der Waals surface area contributed by atoms with Crippen molar-refractivity contribution in [2.75, 3.05) is 0 Å². The fraction of sp³-hybridized carbons (Fsp3) is 0.333. The summed E-state index contributed by atoms with van der Waals surface area (Å²) in [5, 5.41) is 2.80. The predicted molar refractivity (Wildman–Crippen MR) is 81.6 cm³/mol. The van der Waals surface area contributed by atoms with Crippen LogP contribution in [0.2, 0.25) is 0 Å². The number of nitrogens with one attached hydrogen (secondary N) is 2. The highest BCUT2D eigenvalue weighted by molar-refractivity contribution is 5.93. The molecule has 2 rings (SSSR count). The van der Waals surface area contributed by atoms with E-state index in [1.165, 1.54) is 13.2 Å². The SMILES string of the molecule is CC(C)[C@@H](NC(=O)c1cn(C)c(=O)[nH]c1=O)c1ccccn1. The molecule has 0 radical (unpaired) electrons. The number of rotatable bonds is 4. The van der Waals surface area contributed by atoms with Crippen molar-refractivity contribution in [3.63, 3.8) is 0 Å². The van der Waals surface area contributed by atoms with E-state index in [0.29, 0.717) is 5.69 Å². The minimum Gasteiger partial charge on any atom is -0.343 e. The Morgan fingerprint density at radius 2 is 2.05 bits per heavy atom. The average Bonchev–Trinajstić information content (AvgIpc) is 2.48. The Morgan fingerprint density at radius 1 is 1.32 bits per heavy atom. The zero-order chi connectivity index (χ0) is 16.3. The molecule has 0 saturated heterocycles. The van der Waals surface area contributed by atoms with E-state index in [0.717, 1.165) is 4.57 Å². The maximum atomic E-state index is 12.3. The van der Waals surface area contributed by atoms with Crippen molar-refractivity contribution in [1.82, 2.24) is 19.9 Å². The van der Waals surface area contributed by atoms with Crippen molar-refractivity contribution < 1.29 is 4.79 Å². The lowest BCUT2D eigenvalue weighted by Gasteiger charge is -2.21. The molecule has 116 valence electrons. The van der Waals surface area contributed by atoms with Crippen LogP contribution in [-0.4, -0.2) is 20.4 Å². The molecule has 1 atom stereocenters. The van der Waals surface area contributed by atoms with Crippen LogP contribution in [0.4, 0.5) is 0 Å². The zero-order valence-corrected chi connectivity index (χ0v) is 12.7. The first-order valence-electron chi connectivity index (χ1n) is 6.92. The number of carbonyl (C=O) groups is 1. The van der Waals surface area contributed by atoms with Gasteiger partial charge in [-0.15, -0.1) is 0 Å². The third-order valence-corrected chi connectivity index (χ3v) is 3.31. The number of aryl methyl sites for hydroxylation is 1. The smallest absolute Gasteiger partial charge is 0.328 e. The highest BCUT2D eigenvalue weighted by atomic mass is 16.2. The lowest BCUT2D eigenvalue weighted by atomic mass is 10.00. The molecule has 0 saturated carbocycles. The van der Waals surface area contributed by atoms with Crippen LogP contribution in [0, 0.1) is 5.92 Å². The van der Waals surface area contributed by atoms with Crippen molar-refractivity contribution in [3.05, 3.63) is 62.7 Å². The van der Waals surface area contributed by atoms with Crippen LogP contribution >= 0.6 is 0 Å². The van der Waals surface area contributed by atoms with E-state index < -0.39 is 17.2 Å². The molecule has 0 aliphatic carbocycles. The topological polar surface area (TPSA) is 96.9 Å². The van der Waals surface area contributed by atoms with Crippen molar-refractivity contribution in [2.24, 2.45) is 13.0 Å². The number of pyridine rings is 1. The van der Waals surface area contributed by atoms with Crippen molar-refractivity contribution >= 4 is 5.91 Å². The number of carbonyl (C=O) groups excluding carboxylic acids is 1. The number of H-pyrrole nitrogens is 1. The van der Waals surface area contributed by atoms with Gasteiger partial charge in [-0.05, 0) is 18.1 Å². The van der Waals surface area contributed by atoms with Gasteiger partial charge in [-0.2, -0.15) is 0 Å². The Hall–Kier alpha value is -2.70. The van der Waals surface area contributed by atoms with Gasteiger partial charge in [0.25, 0.3) is 11.5 Å². The van der Waals surface area contributed by atoms with E-state index in [2.05, 4.69) is 15.3 Å². The molecule has 0 spiro atoms. The van der Waals surface area contributed by atoms with Crippen LogP contribution in [-0.2, 0) is 7.05 Å². The normalized spacial score (nSPS) is 12.2. The summed E-state index contributed by atoms with van der Waals surface area (Å²) >= 11 is 0. The van der Waals surface area contributed by atoms with E-state index >= 15 is 0 Å². The summed E-state index contributed by atoms with van der Waals surface area (Å²) in [5.74, 6) is -0.452. The van der Waals surface area contributed by atoms with E-state index in [4.69, 9.17) is 0 Å². The molecule has 7 heteroatoms. The Kier molecular flexibility index (Phi) is 4.55. The van der Waals surface area contributed by atoms with Gasteiger partial charge in [0.05, 0.1) is 11.7 Å². The van der Waals surface area contributed by atoms with Gasteiger partial charge in [0.1, 0.15) is 5.56 Å². The van der Waals surface area contributed by atoms with E-state index in [-0.39, 0.29) is 17.5 Å². The van der Waals surface area contributed by atoms with Crippen LogP contribution < -0.4 is 16.6 Å². The molecule has 0 aromatic carbocycles. The molecule has 2 aromatic rings. The summed E-state index contributed by atoms with van der Waals surface area (Å²) in [6.45, 7) is 3.90. The number of aromatic amines is 1. The fourth-order valence-corrected chi connectivity index (χ4v) is 2.09. The lowest BCUT2D eigenvalue weighted by molar-refractivity contribution is 0.0922. The van der Waals surface area contributed by atoms with Gasteiger partial charge in [0.2, 0.25) is 0 Å². The van der Waals surface area contributed by atoms with Gasteiger partial charge in [-0.3, -0.25) is 19.6 Å². The third kappa shape index (κ3) is 3.30. The summed E-state index contributed by atoms with van der Waals surface area (Å²) in [4.78, 5) is 41.8. The van der Waals surface area contributed by atoms with E-state index in [1.54, 1.807) is 12.3 Å². The molecule has 0 bridgehead atoms. The second-order valence-corrected chi connectivity index (χ2v) is 5.36. The van der Waals surface area contributed by atoms with Crippen molar-refractivity contribution in [3.8, 4) is 0 Å². The summed E-state index contributed by atoms with van der Waals surface area (Å²) < 4.78 is 1.15. The Balaban J connectivity index is 2.32. The Bertz CT molecular complexity index is 777. The fourth-order valence-electron chi connectivity index (χ4n) is 2.09. The monoisotopic (exact) mass is 302 g/mol. The standard InChI is InChI=1S/C15H18N4O3/c1-9(2)12(11-6-4-5-7-16-11)17-13(20)10-8-19(3)15(22)18-14(10)21/h4-9,12H,1-3H3,(H,17,20)(H,18,21,22)/t12-/m1/s1. The van der Waals surface area contributed by atoms with Crippen LogP contribution in [0.3, 0.4) is 0 Å². The van der Waals surface area contributed by atoms with Gasteiger partial charge in [0.15, 0.2) is 0 Å². The highest BCUT2D eigenvalue weighted by Gasteiger charge is 2.22. The molecule has 0 fully saturated rings. The maximum absolute atomic E-state index is 12.3. The average molecular weight is 302 g/mol. The van der Waals surface area contributed by atoms with Gasteiger partial charge in [-0.25, -0.2) is 4.79 Å². The largest absolute Gasteiger partial charge is 0.343 e. The van der Waals surface area contributed by atoms with Gasteiger partial charge in [0, 0.05) is 19.4 Å². The minimum atomic E-state index is -0.705. The zero-order valence-electron chi connectivity index (χ0n) is 12.7. The van der Waals surface area contributed by atoms with Crippen LogP contribution in [0.1, 0.15) is 35.9 Å². The second kappa shape index (κ2) is 6.38.